The monoisotopic (exact) mass is 486 g/mol. The van der Waals surface area contributed by atoms with Gasteiger partial charge in [-0.2, -0.15) is 0 Å². The molecule has 0 saturated carbocycles. The van der Waals surface area contributed by atoms with E-state index in [2.05, 4.69) is 0 Å². The van der Waals surface area contributed by atoms with Gasteiger partial charge >= 0.3 is 0 Å². The van der Waals surface area contributed by atoms with Gasteiger partial charge in [0, 0.05) is 28.0 Å². The number of halogens is 11. The Hall–Kier alpha value is -2.53. The quantitative estimate of drug-likeness (QED) is 0.338. The van der Waals surface area contributed by atoms with Gasteiger partial charge in [0.05, 0.1) is 0 Å². The minimum absolute atomic E-state index is 0.0188. The minimum atomic E-state index is -3.30. The van der Waals surface area contributed by atoms with Crippen LogP contribution in [0.2, 0.25) is 0 Å². The second kappa shape index (κ2) is 8.05. The Morgan fingerprint density at radius 1 is 0.727 bits per heavy atom. The third-order valence-corrected chi connectivity index (χ3v) is 5.58. The van der Waals surface area contributed by atoms with E-state index in [9.17, 15) is 48.3 Å². The number of rotatable bonds is 3. The van der Waals surface area contributed by atoms with Gasteiger partial charge in [0.1, 0.15) is 40.8 Å². The van der Waals surface area contributed by atoms with E-state index in [1.165, 1.54) is 0 Å². The van der Waals surface area contributed by atoms with Gasteiger partial charge in [-0.1, -0.05) is 0 Å². The molecule has 0 saturated heterocycles. The van der Waals surface area contributed by atoms with Crippen LogP contribution in [-0.4, -0.2) is 30.4 Å². The molecular formula is C21H14BF11. The maximum absolute atomic E-state index is 14.9. The zero-order valence-corrected chi connectivity index (χ0v) is 17.1. The first-order valence-electron chi connectivity index (χ1n) is 9.39. The molecule has 0 nitrogen and oxygen atoms in total. The van der Waals surface area contributed by atoms with Crippen molar-refractivity contribution in [2.45, 2.75) is 44.5 Å². The molecule has 1 aromatic carbocycles. The van der Waals surface area contributed by atoms with Crippen LogP contribution in [0.3, 0.4) is 0 Å². The van der Waals surface area contributed by atoms with Crippen molar-refractivity contribution in [3.05, 3.63) is 75.5 Å². The molecule has 12 heteroatoms. The highest BCUT2D eigenvalue weighted by molar-refractivity contribution is 6.87. The molecule has 0 radical (unpaired) electrons. The molecule has 3 rings (SSSR count). The van der Waals surface area contributed by atoms with Crippen molar-refractivity contribution < 1.29 is 48.3 Å². The van der Waals surface area contributed by atoms with Gasteiger partial charge in [0.25, 0.3) is 6.71 Å². The smallest absolute Gasteiger partial charge is 0.236 e. The number of hydrogen-bond donors (Lipinski definition) is 0. The van der Waals surface area contributed by atoms with Gasteiger partial charge in [-0.3, -0.25) is 0 Å². The average Bonchev–Trinajstić information content (AvgIpc) is 2.68. The van der Waals surface area contributed by atoms with Crippen LogP contribution in [0.25, 0.3) is 0 Å². The highest BCUT2D eigenvalue weighted by atomic mass is 19.2. The summed E-state index contributed by atoms with van der Waals surface area (Å²) in [5, 5.41) is 0. The summed E-state index contributed by atoms with van der Waals surface area (Å²) < 4.78 is 160. The zero-order valence-electron chi connectivity index (χ0n) is 17.1. The van der Waals surface area contributed by atoms with Crippen molar-refractivity contribution in [3.8, 4) is 0 Å². The predicted molar refractivity (Wildman–Crippen MR) is 99.9 cm³/mol. The van der Waals surface area contributed by atoms with Gasteiger partial charge < -0.3 is 0 Å². The van der Waals surface area contributed by atoms with Crippen LogP contribution in [0.4, 0.5) is 48.3 Å². The first-order chi connectivity index (χ1) is 15.0. The average molecular weight is 486 g/mol. The fourth-order valence-electron chi connectivity index (χ4n) is 3.75. The summed E-state index contributed by atoms with van der Waals surface area (Å²) in [7, 11) is 0. The minimum Gasteiger partial charge on any atom is -0.236 e. The lowest BCUT2D eigenvalue weighted by atomic mass is 9.33. The second-order valence-electron chi connectivity index (χ2n) is 8.16. The molecule has 0 amide bonds. The summed E-state index contributed by atoms with van der Waals surface area (Å²) in [4.78, 5) is 0. The van der Waals surface area contributed by atoms with Gasteiger partial charge in [-0.25, -0.2) is 48.3 Å². The van der Waals surface area contributed by atoms with E-state index in [0.717, 1.165) is 6.92 Å². The highest BCUT2D eigenvalue weighted by Crippen LogP contribution is 2.45. The van der Waals surface area contributed by atoms with E-state index in [1.807, 2.05) is 0 Å². The number of benzene rings is 1. The van der Waals surface area contributed by atoms with E-state index >= 15 is 0 Å². The van der Waals surface area contributed by atoms with Crippen molar-refractivity contribution in [2.75, 3.05) is 0 Å². The summed E-state index contributed by atoms with van der Waals surface area (Å²) in [6.45, 7) is -1.37. The van der Waals surface area contributed by atoms with E-state index < -0.39 is 93.1 Å². The molecule has 0 aromatic heterocycles. The summed E-state index contributed by atoms with van der Waals surface area (Å²) in [6, 6.07) is 0.0188. The maximum Gasteiger partial charge on any atom is 0.263 e. The van der Waals surface area contributed by atoms with Crippen LogP contribution in [0.15, 0.2) is 52.5 Å². The summed E-state index contributed by atoms with van der Waals surface area (Å²) >= 11 is 0. The molecule has 2 aliphatic rings. The molecule has 0 bridgehead atoms. The van der Waals surface area contributed by atoms with Crippen LogP contribution in [0.5, 0.6) is 0 Å². The van der Waals surface area contributed by atoms with E-state index in [4.69, 9.17) is 0 Å². The molecule has 0 spiro atoms. The molecule has 0 heterocycles. The van der Waals surface area contributed by atoms with Crippen molar-refractivity contribution in [1.29, 1.82) is 0 Å². The van der Waals surface area contributed by atoms with Crippen molar-refractivity contribution in [3.63, 3.8) is 0 Å². The van der Waals surface area contributed by atoms with E-state index in [0.29, 0.717) is 13.8 Å². The highest BCUT2D eigenvalue weighted by Gasteiger charge is 2.52. The number of alkyl halides is 4. The van der Waals surface area contributed by atoms with Crippen molar-refractivity contribution in [2.24, 2.45) is 0 Å². The first kappa shape index (κ1) is 25.1. The lowest BCUT2D eigenvalue weighted by Crippen LogP contribution is -2.47. The largest absolute Gasteiger partial charge is 0.263 e. The topological polar surface area (TPSA) is 0 Å². The zero-order chi connectivity index (χ0) is 25.2. The Morgan fingerprint density at radius 3 is 1.52 bits per heavy atom. The molecule has 0 N–H and O–H groups in total. The molecule has 0 aliphatic heterocycles. The van der Waals surface area contributed by atoms with Gasteiger partial charge in [-0.05, 0) is 32.9 Å². The molecule has 0 fully saturated rings. The Labute approximate surface area is 181 Å². The van der Waals surface area contributed by atoms with Crippen LogP contribution >= 0.6 is 0 Å². The Balaban J connectivity index is 2.46. The molecule has 4 atom stereocenters. The van der Waals surface area contributed by atoms with Gasteiger partial charge in [-0.15, -0.1) is 0 Å². The van der Waals surface area contributed by atoms with Gasteiger partial charge in [0.2, 0.25) is 0 Å². The molecule has 33 heavy (non-hydrogen) atoms. The van der Waals surface area contributed by atoms with Crippen LogP contribution in [0.1, 0.15) is 19.4 Å². The van der Waals surface area contributed by atoms with E-state index in [1.54, 1.807) is 0 Å². The fourth-order valence-corrected chi connectivity index (χ4v) is 3.75. The van der Waals surface area contributed by atoms with Crippen molar-refractivity contribution in [1.82, 2.24) is 0 Å². The number of hydrogen-bond acceptors (Lipinski definition) is 0. The molecule has 178 valence electrons. The number of allylic oxidation sites excluding steroid dienone is 8. The summed E-state index contributed by atoms with van der Waals surface area (Å²) in [5.74, 6) is -14.0. The maximum atomic E-state index is 14.9. The molecule has 4 unspecified atom stereocenters. The normalized spacial score (nSPS) is 30.5. The van der Waals surface area contributed by atoms with Crippen LogP contribution in [-0.2, 0) is 0 Å². The second-order valence-corrected chi connectivity index (χ2v) is 8.16. The lowest BCUT2D eigenvalue weighted by molar-refractivity contribution is 0.113. The summed E-state index contributed by atoms with van der Waals surface area (Å²) in [5.41, 5.74) is -12.7. The Bertz CT molecular complexity index is 1090. The molecule has 2 aliphatic carbocycles. The third kappa shape index (κ3) is 3.91. The lowest BCUT2D eigenvalue weighted by Gasteiger charge is -2.32. The van der Waals surface area contributed by atoms with Gasteiger partial charge in [0.15, 0.2) is 23.7 Å². The molecule has 1 aromatic rings. The predicted octanol–water partition coefficient (Wildman–Crippen LogP) is 6.51. The van der Waals surface area contributed by atoms with Crippen LogP contribution < -0.4 is 5.46 Å². The summed E-state index contributed by atoms with van der Waals surface area (Å²) in [6.07, 6.45) is -6.84. The van der Waals surface area contributed by atoms with Crippen molar-refractivity contribution >= 4 is 12.2 Å². The standard InChI is InChI=1S/C21H14BF11/c1-7-8(23)4-9(24)12(15(7)27)22(13-10(25)5-20(2,32)18(30)16(13)28)14-11(26)6-21(3,33)19(31)17(14)29/h4-6,18-19H,1-3H3. The van der Waals surface area contributed by atoms with E-state index in [-0.39, 0.29) is 18.2 Å². The molecular weight excluding hydrogens is 472 g/mol. The SMILES string of the molecule is Cc1c(F)cc(F)c(B(C2=C(F)C(F)C(C)(F)C=C2F)C2=C(F)C(F)C(C)(F)C=C2F)c1F. The third-order valence-electron chi connectivity index (χ3n) is 5.58. The first-order valence-corrected chi connectivity index (χ1v) is 9.39. The Kier molecular flexibility index (Phi) is 6.13. The Morgan fingerprint density at radius 2 is 1.12 bits per heavy atom. The van der Waals surface area contributed by atoms with Crippen LogP contribution in [0, 0.1) is 24.4 Å². The fraction of sp³-hybridized carbons (Fsp3) is 0.333.